The summed E-state index contributed by atoms with van der Waals surface area (Å²) in [5, 5.41) is 2.85. The molecule has 0 saturated heterocycles. The lowest BCUT2D eigenvalue weighted by Crippen LogP contribution is -2.46. The summed E-state index contributed by atoms with van der Waals surface area (Å²) in [6.45, 7) is 13.8. The maximum atomic E-state index is 11.9. The number of hydrogen-bond donors (Lipinski definition) is 1. The first kappa shape index (κ1) is 28.9. The number of para-hydroxylation sites is 1. The second kappa shape index (κ2) is 14.9. The summed E-state index contributed by atoms with van der Waals surface area (Å²) in [4.78, 5) is 14.2. The molecule has 33 heavy (non-hydrogen) atoms. The summed E-state index contributed by atoms with van der Waals surface area (Å²) in [5.74, 6) is -0.179. The van der Waals surface area contributed by atoms with E-state index in [9.17, 15) is 4.79 Å². The van der Waals surface area contributed by atoms with Crippen molar-refractivity contribution in [3.8, 4) is 0 Å². The third-order valence-electron chi connectivity index (χ3n) is 4.85. The molecule has 0 fully saturated rings. The molecule has 0 aliphatic carbocycles. The summed E-state index contributed by atoms with van der Waals surface area (Å²) in [6, 6.07) is 18.8. The van der Waals surface area contributed by atoms with Gasteiger partial charge in [0, 0.05) is 55.0 Å². The zero-order valence-corrected chi connectivity index (χ0v) is 22.0. The van der Waals surface area contributed by atoms with Crippen molar-refractivity contribution in [2.75, 3.05) is 36.6 Å². The average molecular weight is 493 g/mol. The lowest BCUT2D eigenvalue weighted by Gasteiger charge is -2.30. The van der Waals surface area contributed by atoms with Crippen molar-refractivity contribution in [2.24, 2.45) is 0 Å². The highest BCUT2D eigenvalue weighted by Crippen LogP contribution is 2.28. The van der Waals surface area contributed by atoms with Crippen LogP contribution in [0.15, 0.2) is 66.7 Å². The van der Waals surface area contributed by atoms with Crippen molar-refractivity contribution < 1.29 is 18.1 Å². The highest BCUT2D eigenvalue weighted by molar-refractivity contribution is 6.60. The quantitative estimate of drug-likeness (QED) is 0.251. The van der Waals surface area contributed by atoms with Crippen LogP contribution in [0.25, 0.3) is 0 Å². The van der Waals surface area contributed by atoms with E-state index in [0.29, 0.717) is 25.4 Å². The summed E-state index contributed by atoms with van der Waals surface area (Å²) < 4.78 is 18.0. The van der Waals surface area contributed by atoms with E-state index in [1.54, 1.807) is 6.92 Å². The minimum absolute atomic E-state index is 0. The average Bonchev–Trinajstić information content (AvgIpc) is 2.78. The second-order valence-corrected chi connectivity index (χ2v) is 10.1. The van der Waals surface area contributed by atoms with Crippen LogP contribution in [0.5, 0.6) is 0 Å². The largest absolute Gasteiger partial charge is 0.500 e. The van der Waals surface area contributed by atoms with Gasteiger partial charge in [-0.05, 0) is 70.5 Å². The van der Waals surface area contributed by atoms with Crippen molar-refractivity contribution >= 4 is 44.2 Å². The lowest BCUT2D eigenvalue weighted by atomic mass is 10.2. The highest BCUT2D eigenvalue weighted by atomic mass is 35.5. The molecule has 0 aliphatic rings. The molecule has 182 valence electrons. The monoisotopic (exact) mass is 492 g/mol. The van der Waals surface area contributed by atoms with Crippen LogP contribution in [-0.4, -0.2) is 41.1 Å². The lowest BCUT2D eigenvalue weighted by molar-refractivity contribution is -0.112. The van der Waals surface area contributed by atoms with Crippen LogP contribution in [0.1, 0.15) is 34.1 Å². The standard InChI is InChI=1S/C25H36N2O4Si.ClH/c1-6-29-32(30-7-2,31-8-3)20-12-19-27(23-13-10-9-11-14-23)24-17-15-22(16-18-24)26-25(28)21(4)5;/h9-11,13-18H,4,6-8,12,19-20H2,1-3,5H3,(H,26,28);1H. The van der Waals surface area contributed by atoms with Crippen LogP contribution in [0.4, 0.5) is 17.1 Å². The van der Waals surface area contributed by atoms with E-state index in [-0.39, 0.29) is 18.3 Å². The fourth-order valence-corrected chi connectivity index (χ4v) is 6.03. The Kier molecular flexibility index (Phi) is 13.0. The van der Waals surface area contributed by atoms with E-state index in [1.165, 1.54) is 0 Å². The second-order valence-electron chi connectivity index (χ2n) is 7.35. The van der Waals surface area contributed by atoms with Crippen LogP contribution < -0.4 is 10.2 Å². The van der Waals surface area contributed by atoms with Crippen molar-refractivity contribution in [3.63, 3.8) is 0 Å². The number of nitrogens with one attached hydrogen (secondary N) is 1. The van der Waals surface area contributed by atoms with E-state index in [0.717, 1.165) is 36.1 Å². The number of carbonyl (C=O) groups excluding carboxylic acids is 1. The van der Waals surface area contributed by atoms with E-state index in [1.807, 2.05) is 63.2 Å². The molecule has 2 aromatic carbocycles. The van der Waals surface area contributed by atoms with Gasteiger partial charge in [0.05, 0.1) is 0 Å². The number of amides is 1. The van der Waals surface area contributed by atoms with Crippen molar-refractivity contribution in [3.05, 3.63) is 66.7 Å². The minimum Gasteiger partial charge on any atom is -0.374 e. The predicted molar refractivity (Wildman–Crippen MR) is 141 cm³/mol. The molecular formula is C25H37ClN2O4Si. The molecule has 1 amide bonds. The predicted octanol–water partition coefficient (Wildman–Crippen LogP) is 6.20. The molecule has 0 saturated carbocycles. The number of rotatable bonds is 14. The third-order valence-corrected chi connectivity index (χ3v) is 8.00. The first-order valence-corrected chi connectivity index (χ1v) is 13.2. The molecule has 0 aromatic heterocycles. The first-order valence-electron chi connectivity index (χ1n) is 11.3. The highest BCUT2D eigenvalue weighted by Gasteiger charge is 2.39. The number of anilines is 3. The van der Waals surface area contributed by atoms with Gasteiger partial charge in [-0.1, -0.05) is 24.8 Å². The molecule has 2 aromatic rings. The fourth-order valence-electron chi connectivity index (χ4n) is 3.43. The molecule has 0 heterocycles. The molecule has 0 bridgehead atoms. The SMILES string of the molecule is C=C(C)C(=O)Nc1ccc(N(CCC[Si](OCC)(OCC)OCC)c2ccccc2)cc1.Cl. The Morgan fingerprint density at radius 3 is 1.91 bits per heavy atom. The van der Waals surface area contributed by atoms with Gasteiger partial charge in [-0.15, -0.1) is 12.4 Å². The maximum Gasteiger partial charge on any atom is 0.500 e. The molecule has 0 aliphatic heterocycles. The summed E-state index contributed by atoms with van der Waals surface area (Å²) >= 11 is 0. The molecule has 1 N–H and O–H groups in total. The number of hydrogen-bond acceptors (Lipinski definition) is 5. The van der Waals surface area contributed by atoms with Gasteiger partial charge in [-0.2, -0.15) is 0 Å². The molecule has 0 radical (unpaired) electrons. The Hall–Kier alpha value is -2.16. The van der Waals surface area contributed by atoms with Crippen LogP contribution in [0.3, 0.4) is 0 Å². The first-order chi connectivity index (χ1) is 15.4. The molecule has 0 atom stereocenters. The summed E-state index contributed by atoms with van der Waals surface area (Å²) in [6.07, 6.45) is 0.856. The Bertz CT molecular complexity index is 832. The van der Waals surface area contributed by atoms with Crippen molar-refractivity contribution in [1.29, 1.82) is 0 Å². The molecule has 0 spiro atoms. The fraction of sp³-hybridized carbons (Fsp3) is 0.400. The molecule has 2 rings (SSSR count). The van der Waals surface area contributed by atoms with E-state index >= 15 is 0 Å². The summed E-state index contributed by atoms with van der Waals surface area (Å²) in [7, 11) is -2.68. The number of carbonyl (C=O) groups is 1. The zero-order valence-electron chi connectivity index (χ0n) is 20.1. The van der Waals surface area contributed by atoms with Crippen LogP contribution in [-0.2, 0) is 18.1 Å². The molecule has 6 nitrogen and oxygen atoms in total. The van der Waals surface area contributed by atoms with Crippen molar-refractivity contribution in [1.82, 2.24) is 0 Å². The van der Waals surface area contributed by atoms with Crippen LogP contribution in [0.2, 0.25) is 6.04 Å². The molecule has 8 heteroatoms. The van der Waals surface area contributed by atoms with Gasteiger partial charge >= 0.3 is 8.80 Å². The van der Waals surface area contributed by atoms with Crippen LogP contribution >= 0.6 is 12.4 Å². The van der Waals surface area contributed by atoms with E-state index < -0.39 is 8.80 Å². The van der Waals surface area contributed by atoms with Gasteiger partial charge in [0.1, 0.15) is 0 Å². The van der Waals surface area contributed by atoms with Gasteiger partial charge in [-0.3, -0.25) is 4.79 Å². The van der Waals surface area contributed by atoms with Gasteiger partial charge in [-0.25, -0.2) is 0 Å². The van der Waals surface area contributed by atoms with Gasteiger partial charge in [0.15, 0.2) is 0 Å². The Balaban J connectivity index is 0.00000544. The Labute approximate surface area is 205 Å². The third kappa shape index (κ3) is 8.95. The Morgan fingerprint density at radius 1 is 0.909 bits per heavy atom. The minimum atomic E-state index is -2.68. The van der Waals surface area contributed by atoms with Crippen molar-refractivity contribution in [2.45, 2.75) is 40.2 Å². The van der Waals surface area contributed by atoms with Gasteiger partial charge in [0.25, 0.3) is 5.91 Å². The maximum absolute atomic E-state index is 11.9. The van der Waals surface area contributed by atoms with Gasteiger partial charge in [0.2, 0.25) is 0 Å². The summed E-state index contributed by atoms with van der Waals surface area (Å²) in [5.41, 5.74) is 3.36. The van der Waals surface area contributed by atoms with Gasteiger partial charge < -0.3 is 23.5 Å². The topological polar surface area (TPSA) is 60.0 Å². The smallest absolute Gasteiger partial charge is 0.374 e. The molecular weight excluding hydrogens is 456 g/mol. The van der Waals surface area contributed by atoms with E-state index in [4.69, 9.17) is 13.3 Å². The number of nitrogens with zero attached hydrogens (tertiary/aromatic N) is 1. The molecule has 0 unspecified atom stereocenters. The van der Waals surface area contributed by atoms with E-state index in [2.05, 4.69) is 28.9 Å². The Morgan fingerprint density at radius 2 is 1.42 bits per heavy atom. The number of halogens is 1. The zero-order chi connectivity index (χ0) is 23.4. The van der Waals surface area contributed by atoms with Crippen LogP contribution in [0, 0.1) is 0 Å². The normalized spacial score (nSPS) is 10.9. The number of benzene rings is 2.